The number of hydrogen-bond donors (Lipinski definition) is 1. The molecule has 0 bridgehead atoms. The second-order valence-corrected chi connectivity index (χ2v) is 3.75. The first-order chi connectivity index (χ1) is 9.04. The number of carbonyl (C=O) groups excluding carboxylic acids is 1. The van der Waals surface area contributed by atoms with Gasteiger partial charge in [0.05, 0.1) is 6.61 Å². The topological polar surface area (TPSA) is 55.6 Å². The van der Waals surface area contributed by atoms with Crippen molar-refractivity contribution in [2.75, 3.05) is 25.1 Å². The van der Waals surface area contributed by atoms with Crippen molar-refractivity contribution in [2.24, 2.45) is 5.73 Å². The third-order valence-electron chi connectivity index (χ3n) is 2.43. The Balaban J connectivity index is 0.00000154. The fourth-order valence-electron chi connectivity index (χ4n) is 1.47. The summed E-state index contributed by atoms with van der Waals surface area (Å²) in [5, 5.41) is 0. The minimum Gasteiger partial charge on any atom is -0.375 e. The van der Waals surface area contributed by atoms with Gasteiger partial charge in [-0.1, -0.05) is 0 Å². The van der Waals surface area contributed by atoms with Crippen LogP contribution in [-0.4, -0.2) is 26.1 Å². The Morgan fingerprint density at radius 3 is 2.63 bits per heavy atom. The number of ether oxygens (including phenoxy) is 1. The van der Waals surface area contributed by atoms with Crippen molar-refractivity contribution in [3.63, 3.8) is 0 Å². The molecule has 0 radical (unpaired) electrons. The Hall–Kier alpha value is -2.06. The smallest absolute Gasteiger partial charge is 0.243 e. The first-order valence-electron chi connectivity index (χ1n) is 5.73. The SMILES string of the molecule is C#C.CCN(C)c1ccc(F)cc1COCC(N)=O. The Morgan fingerprint density at radius 2 is 2.11 bits per heavy atom. The molecule has 1 rings (SSSR count). The van der Waals surface area contributed by atoms with Crippen LogP contribution in [0.3, 0.4) is 0 Å². The first kappa shape index (κ1) is 16.9. The van der Waals surface area contributed by atoms with Crippen LogP contribution in [0.4, 0.5) is 10.1 Å². The normalized spacial score (nSPS) is 9.32. The Morgan fingerprint density at radius 1 is 1.47 bits per heavy atom. The molecule has 0 aliphatic rings. The molecule has 0 saturated heterocycles. The lowest BCUT2D eigenvalue weighted by Gasteiger charge is -2.20. The monoisotopic (exact) mass is 266 g/mol. The van der Waals surface area contributed by atoms with Crippen molar-refractivity contribution in [3.05, 3.63) is 29.6 Å². The summed E-state index contributed by atoms with van der Waals surface area (Å²) in [5.41, 5.74) is 6.55. The summed E-state index contributed by atoms with van der Waals surface area (Å²) in [5.74, 6) is -0.859. The van der Waals surface area contributed by atoms with E-state index in [4.69, 9.17) is 10.5 Å². The highest BCUT2D eigenvalue weighted by molar-refractivity contribution is 5.75. The molecule has 0 aliphatic carbocycles. The van der Waals surface area contributed by atoms with E-state index >= 15 is 0 Å². The van der Waals surface area contributed by atoms with Crippen LogP contribution in [-0.2, 0) is 16.1 Å². The van der Waals surface area contributed by atoms with Gasteiger partial charge < -0.3 is 15.4 Å². The van der Waals surface area contributed by atoms with E-state index in [0.29, 0.717) is 5.56 Å². The number of benzene rings is 1. The van der Waals surface area contributed by atoms with Gasteiger partial charge in [-0.25, -0.2) is 4.39 Å². The highest BCUT2D eigenvalue weighted by Gasteiger charge is 2.08. The van der Waals surface area contributed by atoms with Gasteiger partial charge in [-0.15, -0.1) is 12.8 Å². The van der Waals surface area contributed by atoms with Gasteiger partial charge in [0.15, 0.2) is 0 Å². The fraction of sp³-hybridized carbons (Fsp3) is 0.357. The number of carbonyl (C=O) groups is 1. The highest BCUT2D eigenvalue weighted by atomic mass is 19.1. The second kappa shape index (κ2) is 8.95. The number of terminal acetylenes is 1. The molecular formula is C14H19FN2O2. The van der Waals surface area contributed by atoms with Gasteiger partial charge >= 0.3 is 0 Å². The van der Waals surface area contributed by atoms with Crippen molar-refractivity contribution in [3.8, 4) is 12.8 Å². The Kier molecular flexibility index (Phi) is 7.98. The van der Waals surface area contributed by atoms with Gasteiger partial charge in [0.1, 0.15) is 12.4 Å². The summed E-state index contributed by atoms with van der Waals surface area (Å²) in [6.07, 6.45) is 8.00. The number of anilines is 1. The van der Waals surface area contributed by atoms with E-state index in [1.54, 1.807) is 6.07 Å². The average Bonchev–Trinajstić information content (AvgIpc) is 2.40. The fourth-order valence-corrected chi connectivity index (χ4v) is 1.47. The quantitative estimate of drug-likeness (QED) is 0.794. The maximum atomic E-state index is 13.1. The average molecular weight is 266 g/mol. The molecule has 19 heavy (non-hydrogen) atoms. The lowest BCUT2D eigenvalue weighted by atomic mass is 10.1. The van der Waals surface area contributed by atoms with E-state index in [1.807, 2.05) is 18.9 Å². The zero-order chi connectivity index (χ0) is 14.8. The molecule has 0 unspecified atom stereocenters. The lowest BCUT2D eigenvalue weighted by molar-refractivity contribution is -0.122. The van der Waals surface area contributed by atoms with Crippen LogP contribution >= 0.6 is 0 Å². The predicted octanol–water partition coefficient (Wildman–Crippen LogP) is 1.53. The van der Waals surface area contributed by atoms with E-state index in [-0.39, 0.29) is 19.0 Å². The summed E-state index contributed by atoms with van der Waals surface area (Å²) >= 11 is 0. The van der Waals surface area contributed by atoms with E-state index in [0.717, 1.165) is 12.2 Å². The molecule has 1 aromatic carbocycles. The molecule has 0 fully saturated rings. The van der Waals surface area contributed by atoms with Gasteiger partial charge in [-0.05, 0) is 25.1 Å². The van der Waals surface area contributed by atoms with E-state index in [2.05, 4.69) is 12.8 Å². The molecule has 104 valence electrons. The van der Waals surface area contributed by atoms with Crippen LogP contribution in [0.25, 0.3) is 0 Å². The van der Waals surface area contributed by atoms with Crippen molar-refractivity contribution < 1.29 is 13.9 Å². The molecular weight excluding hydrogens is 247 g/mol. The van der Waals surface area contributed by atoms with Gasteiger partial charge in [-0.2, -0.15) is 0 Å². The zero-order valence-electron chi connectivity index (χ0n) is 11.2. The molecule has 1 amide bonds. The largest absolute Gasteiger partial charge is 0.375 e. The molecule has 4 nitrogen and oxygen atoms in total. The molecule has 2 N–H and O–H groups in total. The minimum atomic E-state index is -0.535. The Bertz CT molecular complexity index is 433. The summed E-state index contributed by atoms with van der Waals surface area (Å²) in [4.78, 5) is 12.5. The molecule has 5 heteroatoms. The molecule has 0 atom stereocenters. The summed E-state index contributed by atoms with van der Waals surface area (Å²) in [6, 6.07) is 4.50. The third kappa shape index (κ3) is 5.89. The van der Waals surface area contributed by atoms with Crippen LogP contribution < -0.4 is 10.6 Å². The van der Waals surface area contributed by atoms with Crippen LogP contribution in [0.15, 0.2) is 18.2 Å². The van der Waals surface area contributed by atoms with Gasteiger partial charge in [0.25, 0.3) is 0 Å². The zero-order valence-corrected chi connectivity index (χ0v) is 11.2. The van der Waals surface area contributed by atoms with Crippen molar-refractivity contribution >= 4 is 11.6 Å². The molecule has 1 aromatic rings. The maximum Gasteiger partial charge on any atom is 0.243 e. The van der Waals surface area contributed by atoms with Crippen LogP contribution in [0.2, 0.25) is 0 Å². The highest BCUT2D eigenvalue weighted by Crippen LogP contribution is 2.21. The van der Waals surface area contributed by atoms with Crippen LogP contribution in [0.1, 0.15) is 12.5 Å². The predicted molar refractivity (Wildman–Crippen MR) is 74.1 cm³/mol. The van der Waals surface area contributed by atoms with Crippen molar-refractivity contribution in [2.45, 2.75) is 13.5 Å². The maximum absolute atomic E-state index is 13.1. The third-order valence-corrected chi connectivity index (χ3v) is 2.43. The molecule has 0 aromatic heterocycles. The number of halogens is 1. The van der Waals surface area contributed by atoms with Crippen molar-refractivity contribution in [1.82, 2.24) is 0 Å². The summed E-state index contributed by atoms with van der Waals surface area (Å²) in [7, 11) is 1.91. The van der Waals surface area contributed by atoms with Gasteiger partial charge in [-0.3, -0.25) is 4.79 Å². The lowest BCUT2D eigenvalue weighted by Crippen LogP contribution is -2.20. The standard InChI is InChI=1S/C12H17FN2O2.C2H2/c1-3-15(2)11-5-4-10(13)6-9(11)7-17-8-12(14)16;1-2/h4-6H,3,7-8H2,1-2H3,(H2,14,16);1-2H. The van der Waals surface area contributed by atoms with E-state index in [1.165, 1.54) is 12.1 Å². The van der Waals surface area contributed by atoms with Crippen LogP contribution in [0, 0.1) is 18.7 Å². The molecule has 0 saturated carbocycles. The molecule has 0 spiro atoms. The minimum absolute atomic E-state index is 0.161. The number of nitrogens with zero attached hydrogens (tertiary/aromatic N) is 1. The number of nitrogens with two attached hydrogens (primary N) is 1. The number of hydrogen-bond acceptors (Lipinski definition) is 3. The van der Waals surface area contributed by atoms with E-state index in [9.17, 15) is 9.18 Å². The van der Waals surface area contributed by atoms with Crippen molar-refractivity contribution in [1.29, 1.82) is 0 Å². The number of amides is 1. The van der Waals surface area contributed by atoms with Gasteiger partial charge in [0, 0.05) is 24.8 Å². The molecule has 0 heterocycles. The van der Waals surface area contributed by atoms with Crippen LogP contribution in [0.5, 0.6) is 0 Å². The molecule has 0 aliphatic heterocycles. The number of rotatable bonds is 6. The number of primary amides is 1. The van der Waals surface area contributed by atoms with Gasteiger partial charge in [0.2, 0.25) is 5.91 Å². The van der Waals surface area contributed by atoms with E-state index < -0.39 is 5.91 Å². The summed E-state index contributed by atoms with van der Waals surface area (Å²) in [6.45, 7) is 2.80. The summed E-state index contributed by atoms with van der Waals surface area (Å²) < 4.78 is 18.2. The first-order valence-corrected chi connectivity index (χ1v) is 5.73. The second-order valence-electron chi connectivity index (χ2n) is 3.75. The Labute approximate surface area is 113 Å².